The molecular weight excluding hydrogens is 244 g/mol. The van der Waals surface area contributed by atoms with E-state index in [2.05, 4.69) is 63.0 Å². The van der Waals surface area contributed by atoms with Gasteiger partial charge in [-0.3, -0.25) is 4.90 Å². The summed E-state index contributed by atoms with van der Waals surface area (Å²) in [4.78, 5) is 2.70. The number of aryl methyl sites for hydroxylation is 2. The van der Waals surface area contributed by atoms with Gasteiger partial charge in [0.1, 0.15) is 0 Å². The monoisotopic (exact) mass is 274 g/mol. The molecule has 0 amide bonds. The smallest absolute Gasteiger partial charge is 0.0247 e. The van der Waals surface area contributed by atoms with E-state index in [1.165, 1.54) is 29.7 Å². The highest BCUT2D eigenvalue weighted by atomic mass is 15.2. The molecule has 2 heteroatoms. The van der Waals surface area contributed by atoms with Crippen molar-refractivity contribution in [3.05, 3.63) is 34.9 Å². The van der Waals surface area contributed by atoms with Crippen LogP contribution in [0.25, 0.3) is 0 Å². The highest BCUT2D eigenvalue weighted by Crippen LogP contribution is 2.22. The standard InChI is InChI=1S/C18H30N2/c1-6-16-11-20(18(10-19-16)13(2)3)12-17-14(4)8-7-9-15(17)5/h7-9,13,16,18-19H,6,10-12H2,1-5H3. The maximum atomic E-state index is 3.70. The lowest BCUT2D eigenvalue weighted by Crippen LogP contribution is -2.57. The Bertz CT molecular complexity index is 419. The summed E-state index contributed by atoms with van der Waals surface area (Å²) in [5.74, 6) is 0.699. The Morgan fingerprint density at radius 1 is 1.25 bits per heavy atom. The van der Waals surface area contributed by atoms with Crippen LogP contribution in [0.2, 0.25) is 0 Å². The Hall–Kier alpha value is -0.860. The lowest BCUT2D eigenvalue weighted by Gasteiger charge is -2.42. The minimum atomic E-state index is 0.648. The molecule has 0 radical (unpaired) electrons. The first-order valence-electron chi connectivity index (χ1n) is 8.05. The van der Waals surface area contributed by atoms with Crippen LogP contribution >= 0.6 is 0 Å². The van der Waals surface area contributed by atoms with Crippen molar-refractivity contribution in [1.29, 1.82) is 0 Å². The van der Waals surface area contributed by atoms with Gasteiger partial charge < -0.3 is 5.32 Å². The summed E-state index contributed by atoms with van der Waals surface area (Å²) < 4.78 is 0. The number of nitrogens with zero attached hydrogens (tertiary/aromatic N) is 1. The number of hydrogen-bond donors (Lipinski definition) is 1. The predicted molar refractivity (Wildman–Crippen MR) is 87.0 cm³/mol. The largest absolute Gasteiger partial charge is 0.311 e. The van der Waals surface area contributed by atoms with E-state index in [4.69, 9.17) is 0 Å². The Balaban J connectivity index is 2.18. The highest BCUT2D eigenvalue weighted by molar-refractivity contribution is 5.33. The van der Waals surface area contributed by atoms with Gasteiger partial charge in [0.15, 0.2) is 0 Å². The van der Waals surface area contributed by atoms with Crippen molar-refractivity contribution in [3.8, 4) is 0 Å². The lowest BCUT2D eigenvalue weighted by molar-refractivity contribution is 0.0897. The maximum absolute atomic E-state index is 3.70. The Labute approximate surface area is 124 Å². The molecule has 1 N–H and O–H groups in total. The lowest BCUT2D eigenvalue weighted by atomic mass is 9.95. The Morgan fingerprint density at radius 3 is 2.45 bits per heavy atom. The van der Waals surface area contributed by atoms with Crippen molar-refractivity contribution in [2.75, 3.05) is 13.1 Å². The molecule has 1 aliphatic rings. The molecule has 112 valence electrons. The van der Waals surface area contributed by atoms with Gasteiger partial charge in [-0.15, -0.1) is 0 Å². The number of rotatable bonds is 4. The third-order valence-electron chi connectivity index (χ3n) is 4.81. The molecule has 1 fully saturated rings. The van der Waals surface area contributed by atoms with E-state index in [0.29, 0.717) is 18.0 Å². The normalized spacial score (nSPS) is 24.3. The number of benzene rings is 1. The maximum Gasteiger partial charge on any atom is 0.0247 e. The van der Waals surface area contributed by atoms with Gasteiger partial charge in [-0.05, 0) is 42.9 Å². The number of hydrogen-bond acceptors (Lipinski definition) is 2. The zero-order valence-corrected chi connectivity index (χ0v) is 13.7. The first-order chi connectivity index (χ1) is 9.52. The van der Waals surface area contributed by atoms with Gasteiger partial charge in [0.05, 0.1) is 0 Å². The van der Waals surface area contributed by atoms with Crippen molar-refractivity contribution in [2.24, 2.45) is 5.92 Å². The number of piperazine rings is 1. The molecule has 1 aromatic rings. The molecule has 20 heavy (non-hydrogen) atoms. The van der Waals surface area contributed by atoms with Crippen LogP contribution in [0.3, 0.4) is 0 Å². The van der Waals surface area contributed by atoms with Crippen molar-refractivity contribution in [2.45, 2.75) is 59.7 Å². The average Bonchev–Trinajstić information content (AvgIpc) is 2.42. The third kappa shape index (κ3) is 3.42. The fourth-order valence-electron chi connectivity index (χ4n) is 3.31. The second-order valence-corrected chi connectivity index (χ2v) is 6.62. The van der Waals surface area contributed by atoms with Gasteiger partial charge in [-0.1, -0.05) is 39.0 Å². The molecule has 2 atom stereocenters. The summed E-state index contributed by atoms with van der Waals surface area (Å²) in [6.07, 6.45) is 1.22. The molecule has 1 aromatic carbocycles. The van der Waals surface area contributed by atoms with Gasteiger partial charge >= 0.3 is 0 Å². The van der Waals surface area contributed by atoms with Crippen molar-refractivity contribution in [3.63, 3.8) is 0 Å². The minimum absolute atomic E-state index is 0.648. The van der Waals surface area contributed by atoms with Crippen LogP contribution in [0.1, 0.15) is 43.9 Å². The van der Waals surface area contributed by atoms with E-state index in [9.17, 15) is 0 Å². The average molecular weight is 274 g/mol. The molecule has 2 nitrogen and oxygen atoms in total. The summed E-state index contributed by atoms with van der Waals surface area (Å²) in [5, 5.41) is 3.70. The van der Waals surface area contributed by atoms with E-state index in [-0.39, 0.29) is 0 Å². The van der Waals surface area contributed by atoms with Crippen molar-refractivity contribution in [1.82, 2.24) is 10.2 Å². The molecule has 1 heterocycles. The fourth-order valence-corrected chi connectivity index (χ4v) is 3.31. The topological polar surface area (TPSA) is 15.3 Å². The molecule has 2 rings (SSSR count). The second-order valence-electron chi connectivity index (χ2n) is 6.62. The van der Waals surface area contributed by atoms with Gasteiger partial charge in [0, 0.05) is 31.7 Å². The Morgan fingerprint density at radius 2 is 1.90 bits per heavy atom. The summed E-state index contributed by atoms with van der Waals surface area (Å²) in [6, 6.07) is 7.95. The van der Waals surface area contributed by atoms with E-state index in [1.807, 2.05) is 0 Å². The van der Waals surface area contributed by atoms with E-state index < -0.39 is 0 Å². The van der Waals surface area contributed by atoms with Gasteiger partial charge in [0.2, 0.25) is 0 Å². The molecule has 0 spiro atoms. The fraction of sp³-hybridized carbons (Fsp3) is 0.667. The quantitative estimate of drug-likeness (QED) is 0.904. The predicted octanol–water partition coefficient (Wildman–Crippen LogP) is 3.51. The SMILES string of the molecule is CCC1CN(Cc2c(C)cccc2C)C(C(C)C)CN1. The molecule has 0 bridgehead atoms. The third-order valence-corrected chi connectivity index (χ3v) is 4.81. The van der Waals surface area contributed by atoms with Crippen LogP contribution in [0.15, 0.2) is 18.2 Å². The van der Waals surface area contributed by atoms with Crippen LogP contribution in [0.5, 0.6) is 0 Å². The van der Waals surface area contributed by atoms with Gasteiger partial charge in [0.25, 0.3) is 0 Å². The van der Waals surface area contributed by atoms with Crippen molar-refractivity contribution >= 4 is 0 Å². The first-order valence-corrected chi connectivity index (χ1v) is 8.05. The van der Waals surface area contributed by atoms with E-state index >= 15 is 0 Å². The Kier molecular flexibility index (Phi) is 5.22. The van der Waals surface area contributed by atoms with Crippen LogP contribution in [0, 0.1) is 19.8 Å². The summed E-state index contributed by atoms with van der Waals surface area (Å²) >= 11 is 0. The molecule has 0 saturated carbocycles. The van der Waals surface area contributed by atoms with Crippen LogP contribution in [-0.4, -0.2) is 30.1 Å². The highest BCUT2D eigenvalue weighted by Gasteiger charge is 2.29. The summed E-state index contributed by atoms with van der Waals surface area (Å²) in [6.45, 7) is 14.9. The molecule has 1 saturated heterocycles. The van der Waals surface area contributed by atoms with Gasteiger partial charge in [-0.2, -0.15) is 0 Å². The van der Waals surface area contributed by atoms with Crippen molar-refractivity contribution < 1.29 is 0 Å². The van der Waals surface area contributed by atoms with Crippen LogP contribution in [0.4, 0.5) is 0 Å². The van der Waals surface area contributed by atoms with Gasteiger partial charge in [-0.25, -0.2) is 0 Å². The molecular formula is C18H30N2. The summed E-state index contributed by atoms with van der Waals surface area (Å²) in [5.41, 5.74) is 4.38. The zero-order chi connectivity index (χ0) is 14.7. The second kappa shape index (κ2) is 6.73. The molecule has 0 aromatic heterocycles. The summed E-state index contributed by atoms with van der Waals surface area (Å²) in [7, 11) is 0. The van der Waals surface area contributed by atoms with Crippen LogP contribution in [-0.2, 0) is 6.54 Å². The molecule has 0 aliphatic carbocycles. The molecule has 2 unspecified atom stereocenters. The zero-order valence-electron chi connectivity index (χ0n) is 13.7. The van der Waals surface area contributed by atoms with E-state index in [0.717, 1.165) is 13.1 Å². The number of nitrogens with one attached hydrogen (secondary N) is 1. The van der Waals surface area contributed by atoms with Crippen LogP contribution < -0.4 is 5.32 Å². The molecule has 1 aliphatic heterocycles. The van der Waals surface area contributed by atoms with E-state index in [1.54, 1.807) is 0 Å². The minimum Gasteiger partial charge on any atom is -0.311 e. The first kappa shape index (κ1) is 15.5.